The third kappa shape index (κ3) is 3.15. The monoisotopic (exact) mass is 206 g/mol. The van der Waals surface area contributed by atoms with E-state index in [2.05, 4.69) is 0 Å². The number of nitrogens with two attached hydrogens (primary N) is 1. The summed E-state index contributed by atoms with van der Waals surface area (Å²) in [6.07, 6.45) is -0.0800. The van der Waals surface area contributed by atoms with Crippen LogP contribution in [0.15, 0.2) is 18.2 Å². The van der Waals surface area contributed by atoms with Crippen LogP contribution in [0.3, 0.4) is 0 Å². The van der Waals surface area contributed by atoms with Gasteiger partial charge in [-0.3, -0.25) is 0 Å². The molecule has 1 atom stereocenters. The molecule has 2 N–H and O–H groups in total. The smallest absolute Gasteiger partial charge is 0.124 e. The van der Waals surface area contributed by atoms with Gasteiger partial charge in [0.2, 0.25) is 0 Å². The average Bonchev–Trinajstić information content (AvgIpc) is 2.28. The van der Waals surface area contributed by atoms with Gasteiger partial charge in [-0.15, -0.1) is 0 Å². The molecule has 0 heterocycles. The van der Waals surface area contributed by atoms with Crippen molar-refractivity contribution in [1.29, 1.82) is 5.26 Å². The number of rotatable bonds is 4. The molecule has 0 saturated carbocycles. The van der Waals surface area contributed by atoms with Crippen LogP contribution in [0.4, 0.5) is 0 Å². The van der Waals surface area contributed by atoms with E-state index in [1.165, 1.54) is 0 Å². The van der Waals surface area contributed by atoms with E-state index < -0.39 is 0 Å². The van der Waals surface area contributed by atoms with E-state index in [1.54, 1.807) is 25.3 Å². The molecule has 0 bridgehead atoms. The summed E-state index contributed by atoms with van der Waals surface area (Å²) in [5.74, 6) is 1.21. The van der Waals surface area contributed by atoms with Gasteiger partial charge in [-0.2, -0.15) is 5.26 Å². The average molecular weight is 206 g/mol. The summed E-state index contributed by atoms with van der Waals surface area (Å²) in [5.41, 5.74) is 5.95. The van der Waals surface area contributed by atoms with Gasteiger partial charge >= 0.3 is 0 Å². The fraction of sp³-hybridized carbons (Fsp3) is 0.364. The molecule has 0 radical (unpaired) electrons. The summed E-state index contributed by atoms with van der Waals surface area (Å²) >= 11 is 0. The number of benzene rings is 1. The van der Waals surface area contributed by atoms with E-state index >= 15 is 0 Å². The topological polar surface area (TPSA) is 68.3 Å². The van der Waals surface area contributed by atoms with Gasteiger partial charge in [0, 0.05) is 12.6 Å². The number of hydrogen-bond acceptors (Lipinski definition) is 4. The highest BCUT2D eigenvalue weighted by atomic mass is 16.5. The fourth-order valence-electron chi connectivity index (χ4n) is 1.10. The predicted octanol–water partition coefficient (Wildman–Crippen LogP) is 1.29. The maximum absolute atomic E-state index is 8.79. The highest BCUT2D eigenvalue weighted by Crippen LogP contribution is 2.22. The first-order chi connectivity index (χ1) is 7.19. The molecular weight excluding hydrogens is 192 g/mol. The molecule has 1 unspecified atom stereocenters. The third-order valence-corrected chi connectivity index (χ3v) is 1.91. The zero-order valence-electron chi connectivity index (χ0n) is 8.86. The summed E-state index contributed by atoms with van der Waals surface area (Å²) < 4.78 is 10.5. The predicted molar refractivity (Wildman–Crippen MR) is 56.9 cm³/mol. The van der Waals surface area contributed by atoms with E-state index in [9.17, 15) is 0 Å². The molecule has 0 aromatic heterocycles. The van der Waals surface area contributed by atoms with Crippen molar-refractivity contribution in [1.82, 2.24) is 0 Å². The minimum absolute atomic E-state index is 0.0800. The Kier molecular flexibility index (Phi) is 3.95. The van der Waals surface area contributed by atoms with Crippen LogP contribution < -0.4 is 15.2 Å². The molecule has 0 amide bonds. The van der Waals surface area contributed by atoms with Crippen LogP contribution in [0.25, 0.3) is 0 Å². The lowest BCUT2D eigenvalue weighted by atomic mass is 10.2. The molecule has 1 aromatic rings. The Labute approximate surface area is 89.2 Å². The maximum atomic E-state index is 8.79. The van der Waals surface area contributed by atoms with Crippen molar-refractivity contribution in [2.45, 2.75) is 13.0 Å². The summed E-state index contributed by atoms with van der Waals surface area (Å²) in [6.45, 7) is 2.30. The summed E-state index contributed by atoms with van der Waals surface area (Å²) in [7, 11) is 1.55. The minimum Gasteiger partial charge on any atom is -0.497 e. The van der Waals surface area contributed by atoms with Crippen molar-refractivity contribution < 1.29 is 9.47 Å². The largest absolute Gasteiger partial charge is 0.497 e. The highest BCUT2D eigenvalue weighted by Gasteiger charge is 2.05. The van der Waals surface area contributed by atoms with Crippen molar-refractivity contribution in [2.24, 2.45) is 5.73 Å². The van der Waals surface area contributed by atoms with Crippen LogP contribution in [0.5, 0.6) is 11.5 Å². The lowest BCUT2D eigenvalue weighted by Crippen LogP contribution is -2.22. The zero-order chi connectivity index (χ0) is 11.3. The Morgan fingerprint density at radius 3 is 2.60 bits per heavy atom. The van der Waals surface area contributed by atoms with Crippen LogP contribution in [0.2, 0.25) is 0 Å². The van der Waals surface area contributed by atoms with Gasteiger partial charge in [0.05, 0.1) is 18.7 Å². The van der Waals surface area contributed by atoms with Crippen LogP contribution in [-0.2, 0) is 0 Å². The molecule has 0 fully saturated rings. The Hall–Kier alpha value is -1.73. The number of nitriles is 1. The van der Waals surface area contributed by atoms with Gasteiger partial charge < -0.3 is 15.2 Å². The van der Waals surface area contributed by atoms with Crippen LogP contribution in [-0.4, -0.2) is 19.8 Å². The molecule has 1 aromatic carbocycles. The first-order valence-electron chi connectivity index (χ1n) is 4.65. The van der Waals surface area contributed by atoms with Crippen LogP contribution in [0.1, 0.15) is 12.5 Å². The molecule has 4 heteroatoms. The number of nitrogens with zero attached hydrogens (tertiary/aromatic N) is 1. The SMILES string of the molecule is COc1cc(C#N)cc(OC(C)CN)c1. The van der Waals surface area contributed by atoms with Crippen molar-refractivity contribution in [3.8, 4) is 17.6 Å². The van der Waals surface area contributed by atoms with Gasteiger partial charge in [-0.05, 0) is 19.1 Å². The molecule has 15 heavy (non-hydrogen) atoms. The molecule has 0 aliphatic heterocycles. The van der Waals surface area contributed by atoms with E-state index in [4.69, 9.17) is 20.5 Å². The third-order valence-electron chi connectivity index (χ3n) is 1.91. The Morgan fingerprint density at radius 1 is 1.40 bits per heavy atom. The first-order valence-corrected chi connectivity index (χ1v) is 4.65. The van der Waals surface area contributed by atoms with E-state index in [-0.39, 0.29) is 6.10 Å². The van der Waals surface area contributed by atoms with Crippen molar-refractivity contribution in [3.63, 3.8) is 0 Å². The molecule has 0 spiro atoms. The van der Waals surface area contributed by atoms with Crippen LogP contribution >= 0.6 is 0 Å². The summed E-state index contributed by atoms with van der Waals surface area (Å²) in [4.78, 5) is 0. The molecule has 80 valence electrons. The molecule has 0 aliphatic rings. The molecular formula is C11H14N2O2. The molecule has 0 saturated heterocycles. The van der Waals surface area contributed by atoms with E-state index in [0.717, 1.165) is 0 Å². The Morgan fingerprint density at radius 2 is 2.07 bits per heavy atom. The second-order valence-corrected chi connectivity index (χ2v) is 3.17. The van der Waals surface area contributed by atoms with Crippen LogP contribution in [0, 0.1) is 11.3 Å². The normalized spacial score (nSPS) is 11.6. The van der Waals surface area contributed by atoms with E-state index in [0.29, 0.717) is 23.6 Å². The summed E-state index contributed by atoms with van der Waals surface area (Å²) in [6, 6.07) is 7.09. The molecule has 0 aliphatic carbocycles. The van der Waals surface area contributed by atoms with Gasteiger partial charge in [-0.1, -0.05) is 0 Å². The minimum atomic E-state index is -0.0800. The number of hydrogen-bond donors (Lipinski definition) is 1. The fourth-order valence-corrected chi connectivity index (χ4v) is 1.10. The van der Waals surface area contributed by atoms with Gasteiger partial charge in [0.15, 0.2) is 0 Å². The first kappa shape index (κ1) is 11.3. The van der Waals surface area contributed by atoms with Gasteiger partial charge in [0.25, 0.3) is 0 Å². The van der Waals surface area contributed by atoms with Crippen molar-refractivity contribution in [3.05, 3.63) is 23.8 Å². The standard InChI is InChI=1S/C11H14N2O2/c1-8(6-12)15-11-4-9(7-13)3-10(5-11)14-2/h3-5,8H,6,12H2,1-2H3. The summed E-state index contributed by atoms with van der Waals surface area (Å²) in [5, 5.41) is 8.79. The Bertz CT molecular complexity index is 371. The van der Waals surface area contributed by atoms with Gasteiger partial charge in [-0.25, -0.2) is 0 Å². The Balaban J connectivity index is 2.93. The maximum Gasteiger partial charge on any atom is 0.124 e. The van der Waals surface area contributed by atoms with E-state index in [1.807, 2.05) is 13.0 Å². The quantitative estimate of drug-likeness (QED) is 0.806. The zero-order valence-corrected chi connectivity index (χ0v) is 8.86. The second kappa shape index (κ2) is 5.23. The van der Waals surface area contributed by atoms with Crippen molar-refractivity contribution >= 4 is 0 Å². The molecule has 1 rings (SSSR count). The van der Waals surface area contributed by atoms with Gasteiger partial charge in [0.1, 0.15) is 17.6 Å². The number of methoxy groups -OCH3 is 1. The lowest BCUT2D eigenvalue weighted by molar-refractivity contribution is 0.229. The highest BCUT2D eigenvalue weighted by molar-refractivity contribution is 5.43. The number of ether oxygens (including phenoxy) is 2. The second-order valence-electron chi connectivity index (χ2n) is 3.17. The lowest BCUT2D eigenvalue weighted by Gasteiger charge is -2.13. The molecule has 4 nitrogen and oxygen atoms in total. The van der Waals surface area contributed by atoms with Crippen molar-refractivity contribution in [2.75, 3.05) is 13.7 Å².